The number of carbonyl (C=O) groups excluding carboxylic acids is 1. The second-order valence-electron chi connectivity index (χ2n) is 4.98. The minimum atomic E-state index is -0.513. The first kappa shape index (κ1) is 11.9. The van der Waals surface area contributed by atoms with Gasteiger partial charge in [-0.05, 0) is 38.5 Å². The van der Waals surface area contributed by atoms with Crippen molar-refractivity contribution < 1.29 is 14.3 Å². The Kier molecular flexibility index (Phi) is 3.50. The second kappa shape index (κ2) is 4.72. The molecule has 1 N–H and O–H groups in total. The zero-order chi connectivity index (χ0) is 11.6. The molecule has 0 spiro atoms. The molecule has 92 valence electrons. The van der Waals surface area contributed by atoms with Gasteiger partial charge in [0.2, 0.25) is 0 Å². The third-order valence-electron chi connectivity index (χ3n) is 3.72. The minimum absolute atomic E-state index is 0.145. The summed E-state index contributed by atoms with van der Waals surface area (Å²) in [5.41, 5.74) is -0.513. The van der Waals surface area contributed by atoms with Gasteiger partial charge in [-0.3, -0.25) is 10.1 Å². The van der Waals surface area contributed by atoms with Crippen molar-refractivity contribution in [3.05, 3.63) is 0 Å². The highest BCUT2D eigenvalue weighted by molar-refractivity contribution is 5.81. The van der Waals surface area contributed by atoms with Crippen molar-refractivity contribution in [3.8, 4) is 0 Å². The topological polar surface area (TPSA) is 47.6 Å². The monoisotopic (exact) mass is 227 g/mol. The van der Waals surface area contributed by atoms with Gasteiger partial charge in [-0.1, -0.05) is 0 Å². The first-order valence-electron chi connectivity index (χ1n) is 6.12. The molecule has 2 fully saturated rings. The van der Waals surface area contributed by atoms with Crippen LogP contribution in [0.25, 0.3) is 0 Å². The standard InChI is InChI=1S/C12H21NO3/c1-12(9-5-6-9,11(14)15-2)13-8-10-4-3-7-16-10/h9-10,13H,3-8H2,1-2H3. The van der Waals surface area contributed by atoms with Gasteiger partial charge in [0.25, 0.3) is 0 Å². The van der Waals surface area contributed by atoms with Crippen LogP contribution in [0, 0.1) is 5.92 Å². The molecule has 2 atom stereocenters. The van der Waals surface area contributed by atoms with E-state index in [0.29, 0.717) is 5.92 Å². The molecule has 4 nitrogen and oxygen atoms in total. The molecule has 1 heterocycles. The van der Waals surface area contributed by atoms with E-state index in [0.717, 1.165) is 38.8 Å². The van der Waals surface area contributed by atoms with Crippen LogP contribution in [-0.2, 0) is 14.3 Å². The largest absolute Gasteiger partial charge is 0.468 e. The lowest BCUT2D eigenvalue weighted by atomic mass is 9.95. The Morgan fingerprint density at radius 1 is 1.50 bits per heavy atom. The molecule has 1 saturated heterocycles. The van der Waals surface area contributed by atoms with Crippen LogP contribution in [0.15, 0.2) is 0 Å². The number of nitrogens with one attached hydrogen (secondary N) is 1. The van der Waals surface area contributed by atoms with Gasteiger partial charge >= 0.3 is 5.97 Å². The van der Waals surface area contributed by atoms with Crippen LogP contribution in [0.2, 0.25) is 0 Å². The van der Waals surface area contributed by atoms with E-state index < -0.39 is 5.54 Å². The molecule has 0 radical (unpaired) electrons. The maximum Gasteiger partial charge on any atom is 0.326 e. The van der Waals surface area contributed by atoms with Gasteiger partial charge in [-0.15, -0.1) is 0 Å². The van der Waals surface area contributed by atoms with E-state index in [1.807, 2.05) is 6.92 Å². The number of hydrogen-bond acceptors (Lipinski definition) is 4. The first-order valence-corrected chi connectivity index (χ1v) is 6.12. The lowest BCUT2D eigenvalue weighted by molar-refractivity contribution is -0.149. The SMILES string of the molecule is COC(=O)C(C)(NCC1CCCO1)C1CC1. The van der Waals surface area contributed by atoms with Crippen LogP contribution in [0.1, 0.15) is 32.6 Å². The van der Waals surface area contributed by atoms with Gasteiger partial charge in [-0.2, -0.15) is 0 Å². The summed E-state index contributed by atoms with van der Waals surface area (Å²) in [6.45, 7) is 3.55. The molecular weight excluding hydrogens is 206 g/mol. The van der Waals surface area contributed by atoms with Crippen molar-refractivity contribution in [2.24, 2.45) is 5.92 Å². The third kappa shape index (κ3) is 2.38. The highest BCUT2D eigenvalue weighted by Gasteiger charge is 2.48. The van der Waals surface area contributed by atoms with Crippen molar-refractivity contribution in [1.82, 2.24) is 5.32 Å². The van der Waals surface area contributed by atoms with Crippen LogP contribution in [0.5, 0.6) is 0 Å². The zero-order valence-electron chi connectivity index (χ0n) is 10.1. The van der Waals surface area contributed by atoms with Gasteiger partial charge in [0, 0.05) is 13.2 Å². The molecule has 0 aromatic rings. The van der Waals surface area contributed by atoms with E-state index in [-0.39, 0.29) is 12.1 Å². The van der Waals surface area contributed by atoms with Crippen molar-refractivity contribution in [1.29, 1.82) is 0 Å². The van der Waals surface area contributed by atoms with Crippen molar-refractivity contribution in [2.75, 3.05) is 20.3 Å². The quantitative estimate of drug-likeness (QED) is 0.714. The highest BCUT2D eigenvalue weighted by atomic mass is 16.5. The maximum absolute atomic E-state index is 11.8. The molecule has 1 saturated carbocycles. The summed E-state index contributed by atoms with van der Waals surface area (Å²) in [7, 11) is 1.46. The molecule has 0 aromatic carbocycles. The van der Waals surface area contributed by atoms with Crippen LogP contribution in [-0.4, -0.2) is 37.9 Å². The summed E-state index contributed by atoms with van der Waals surface area (Å²) in [4.78, 5) is 11.8. The highest BCUT2D eigenvalue weighted by Crippen LogP contribution is 2.40. The maximum atomic E-state index is 11.8. The summed E-state index contributed by atoms with van der Waals surface area (Å²) in [6.07, 6.45) is 4.72. The third-order valence-corrected chi connectivity index (χ3v) is 3.72. The van der Waals surface area contributed by atoms with E-state index in [4.69, 9.17) is 9.47 Å². The zero-order valence-corrected chi connectivity index (χ0v) is 10.1. The average Bonchev–Trinajstić information content (AvgIpc) is 3.03. The molecule has 2 unspecified atom stereocenters. The summed E-state index contributed by atoms with van der Waals surface area (Å²) < 4.78 is 10.4. The molecule has 0 amide bonds. The Hall–Kier alpha value is -0.610. The predicted molar refractivity (Wildman–Crippen MR) is 60.1 cm³/mol. The van der Waals surface area contributed by atoms with Crippen molar-refractivity contribution >= 4 is 5.97 Å². The molecule has 0 bridgehead atoms. The Balaban J connectivity index is 1.89. The fourth-order valence-electron chi connectivity index (χ4n) is 2.39. The number of hydrogen-bond donors (Lipinski definition) is 1. The Morgan fingerprint density at radius 2 is 2.25 bits per heavy atom. The molecule has 2 aliphatic rings. The van der Waals surface area contributed by atoms with E-state index in [2.05, 4.69) is 5.32 Å². The lowest BCUT2D eigenvalue weighted by Crippen LogP contribution is -2.54. The lowest BCUT2D eigenvalue weighted by Gasteiger charge is -2.29. The normalized spacial score (nSPS) is 28.8. The Labute approximate surface area is 96.7 Å². The van der Waals surface area contributed by atoms with Crippen molar-refractivity contribution in [3.63, 3.8) is 0 Å². The predicted octanol–water partition coefficient (Wildman–Crippen LogP) is 1.10. The van der Waals surface area contributed by atoms with Gasteiger partial charge in [0.1, 0.15) is 5.54 Å². The fourth-order valence-corrected chi connectivity index (χ4v) is 2.39. The Bertz CT molecular complexity index is 259. The van der Waals surface area contributed by atoms with E-state index in [1.165, 1.54) is 7.11 Å². The van der Waals surface area contributed by atoms with Gasteiger partial charge in [-0.25, -0.2) is 0 Å². The fraction of sp³-hybridized carbons (Fsp3) is 0.917. The van der Waals surface area contributed by atoms with Crippen molar-refractivity contribution in [2.45, 2.75) is 44.2 Å². The molecule has 1 aliphatic carbocycles. The molecule has 16 heavy (non-hydrogen) atoms. The van der Waals surface area contributed by atoms with Crippen LogP contribution in [0.4, 0.5) is 0 Å². The van der Waals surface area contributed by atoms with Gasteiger partial charge in [0.15, 0.2) is 0 Å². The van der Waals surface area contributed by atoms with E-state index in [9.17, 15) is 4.79 Å². The molecule has 4 heteroatoms. The van der Waals surface area contributed by atoms with Crippen LogP contribution >= 0.6 is 0 Å². The summed E-state index contributed by atoms with van der Waals surface area (Å²) in [6, 6.07) is 0. The molecule has 2 rings (SSSR count). The molecule has 0 aromatic heterocycles. The number of methoxy groups -OCH3 is 1. The number of carbonyl (C=O) groups is 1. The van der Waals surface area contributed by atoms with E-state index in [1.54, 1.807) is 0 Å². The number of rotatable bonds is 5. The molecular formula is C12H21NO3. The minimum Gasteiger partial charge on any atom is -0.468 e. The van der Waals surface area contributed by atoms with Gasteiger partial charge in [0.05, 0.1) is 13.2 Å². The number of esters is 1. The smallest absolute Gasteiger partial charge is 0.326 e. The Morgan fingerprint density at radius 3 is 2.75 bits per heavy atom. The van der Waals surface area contributed by atoms with Gasteiger partial charge < -0.3 is 9.47 Å². The summed E-state index contributed by atoms with van der Waals surface area (Å²) >= 11 is 0. The van der Waals surface area contributed by atoms with Crippen LogP contribution in [0.3, 0.4) is 0 Å². The second-order valence-corrected chi connectivity index (χ2v) is 4.98. The molecule has 1 aliphatic heterocycles. The number of ether oxygens (including phenoxy) is 2. The van der Waals surface area contributed by atoms with E-state index >= 15 is 0 Å². The average molecular weight is 227 g/mol. The summed E-state index contributed by atoms with van der Waals surface area (Å²) in [5, 5.41) is 3.35. The van der Waals surface area contributed by atoms with Crippen LogP contribution < -0.4 is 5.32 Å². The summed E-state index contributed by atoms with van der Waals surface area (Å²) in [5.74, 6) is 0.286. The first-order chi connectivity index (χ1) is 7.66.